The molecule has 0 saturated carbocycles. The highest BCUT2D eigenvalue weighted by atomic mass is 16.6. The summed E-state index contributed by atoms with van der Waals surface area (Å²) in [5.74, 6) is -1.37. The van der Waals surface area contributed by atoms with Gasteiger partial charge in [0.1, 0.15) is 0 Å². The van der Waals surface area contributed by atoms with Crippen LogP contribution in [-0.4, -0.2) is 59.0 Å². The summed E-state index contributed by atoms with van der Waals surface area (Å²) in [6.45, 7) is 4.77. The fourth-order valence-corrected chi connectivity index (χ4v) is 2.20. The maximum Gasteiger partial charge on any atom is 0.353 e. The fourth-order valence-electron chi connectivity index (χ4n) is 2.20. The highest BCUT2D eigenvalue weighted by Gasteiger charge is 2.36. The van der Waals surface area contributed by atoms with Crippen LogP contribution in [0.25, 0.3) is 0 Å². The number of hydrogen-bond acceptors (Lipinski definition) is 5. The molecule has 18 heavy (non-hydrogen) atoms. The molecule has 1 fully saturated rings. The minimum Gasteiger partial charge on any atom is -0.477 e. The molecule has 1 N–H and O–H groups in total. The van der Waals surface area contributed by atoms with Gasteiger partial charge in [-0.2, -0.15) is 0 Å². The number of rotatable bonds is 2. The predicted octanol–water partition coefficient (Wildman–Crippen LogP) is -0.148. The predicted molar refractivity (Wildman–Crippen MR) is 61.1 cm³/mol. The number of carboxylic acids is 1. The molecule has 0 spiro atoms. The summed E-state index contributed by atoms with van der Waals surface area (Å²) in [7, 11) is 0. The summed E-state index contributed by atoms with van der Waals surface area (Å²) in [5.41, 5.74) is -0.109. The lowest BCUT2D eigenvalue weighted by molar-refractivity contribution is -0.153. The van der Waals surface area contributed by atoms with E-state index in [0.717, 1.165) is 0 Å². The smallest absolute Gasteiger partial charge is 0.353 e. The van der Waals surface area contributed by atoms with Crippen molar-refractivity contribution in [3.63, 3.8) is 0 Å². The Morgan fingerprint density at radius 1 is 1.33 bits per heavy atom. The number of aliphatic carboxylic acids is 1. The number of amides is 1. The standard InChI is InChI=1S/C11H16N2O5/c1-6-4-13(5-7(2)17-6)10(14)9-3-8(11(15)16)12-18-9/h6-7,9H,3-5H2,1-2H3,(H,15,16). The van der Waals surface area contributed by atoms with Crippen LogP contribution in [0.15, 0.2) is 5.16 Å². The fraction of sp³-hybridized carbons (Fsp3) is 0.727. The third-order valence-corrected chi connectivity index (χ3v) is 2.92. The molecule has 0 aromatic heterocycles. The van der Waals surface area contributed by atoms with Gasteiger partial charge in [-0.3, -0.25) is 4.79 Å². The summed E-state index contributed by atoms with van der Waals surface area (Å²) >= 11 is 0. The van der Waals surface area contributed by atoms with E-state index in [-0.39, 0.29) is 30.2 Å². The second-order valence-electron chi connectivity index (χ2n) is 4.64. The summed E-state index contributed by atoms with van der Waals surface area (Å²) in [6.07, 6.45) is -0.847. The minimum atomic E-state index is -1.14. The van der Waals surface area contributed by atoms with E-state index in [1.165, 1.54) is 0 Å². The van der Waals surface area contributed by atoms with Crippen LogP contribution in [0, 0.1) is 0 Å². The Morgan fingerprint density at radius 2 is 1.94 bits per heavy atom. The molecule has 100 valence electrons. The van der Waals surface area contributed by atoms with Gasteiger partial charge in [-0.15, -0.1) is 0 Å². The lowest BCUT2D eigenvalue weighted by Gasteiger charge is -2.36. The van der Waals surface area contributed by atoms with Crippen molar-refractivity contribution in [3.8, 4) is 0 Å². The first-order chi connectivity index (χ1) is 8.47. The first kappa shape index (κ1) is 12.8. The van der Waals surface area contributed by atoms with Gasteiger partial charge < -0.3 is 19.6 Å². The molecule has 0 aromatic carbocycles. The van der Waals surface area contributed by atoms with Crippen molar-refractivity contribution in [2.45, 2.75) is 38.6 Å². The van der Waals surface area contributed by atoms with Gasteiger partial charge in [0.15, 0.2) is 5.71 Å². The largest absolute Gasteiger partial charge is 0.477 e. The topological polar surface area (TPSA) is 88.4 Å². The molecule has 0 aliphatic carbocycles. The lowest BCUT2D eigenvalue weighted by Crippen LogP contribution is -2.51. The summed E-state index contributed by atoms with van der Waals surface area (Å²) in [6, 6.07) is 0. The Kier molecular flexibility index (Phi) is 3.51. The Hall–Kier alpha value is -1.63. The van der Waals surface area contributed by atoms with Crippen LogP contribution < -0.4 is 0 Å². The van der Waals surface area contributed by atoms with Crippen molar-refractivity contribution in [1.29, 1.82) is 0 Å². The van der Waals surface area contributed by atoms with Crippen LogP contribution >= 0.6 is 0 Å². The van der Waals surface area contributed by atoms with Gasteiger partial charge in [0, 0.05) is 19.5 Å². The average Bonchev–Trinajstić information content (AvgIpc) is 2.75. The summed E-state index contributed by atoms with van der Waals surface area (Å²) in [5, 5.41) is 12.2. The van der Waals surface area contributed by atoms with Crippen molar-refractivity contribution in [1.82, 2.24) is 4.90 Å². The van der Waals surface area contributed by atoms with Gasteiger partial charge >= 0.3 is 5.97 Å². The van der Waals surface area contributed by atoms with E-state index >= 15 is 0 Å². The molecule has 2 rings (SSSR count). The van der Waals surface area contributed by atoms with Gasteiger partial charge in [0.25, 0.3) is 5.91 Å². The van der Waals surface area contributed by atoms with Gasteiger partial charge in [0.05, 0.1) is 12.2 Å². The maximum atomic E-state index is 12.1. The number of nitrogens with zero attached hydrogens (tertiary/aromatic N) is 2. The van der Waals surface area contributed by atoms with Crippen LogP contribution in [-0.2, 0) is 19.2 Å². The zero-order chi connectivity index (χ0) is 13.3. The van der Waals surface area contributed by atoms with E-state index in [2.05, 4.69) is 5.16 Å². The molecule has 3 atom stereocenters. The molecule has 0 radical (unpaired) electrons. The Balaban J connectivity index is 1.95. The quantitative estimate of drug-likeness (QED) is 0.742. The third-order valence-electron chi connectivity index (χ3n) is 2.92. The molecule has 7 heteroatoms. The van der Waals surface area contributed by atoms with Crippen molar-refractivity contribution >= 4 is 17.6 Å². The van der Waals surface area contributed by atoms with Crippen molar-refractivity contribution in [2.24, 2.45) is 5.16 Å². The van der Waals surface area contributed by atoms with E-state index in [4.69, 9.17) is 14.7 Å². The second-order valence-corrected chi connectivity index (χ2v) is 4.64. The van der Waals surface area contributed by atoms with Crippen LogP contribution in [0.2, 0.25) is 0 Å². The molecular formula is C11H16N2O5. The third kappa shape index (κ3) is 2.61. The SMILES string of the molecule is CC1CN(C(=O)C2CC(C(=O)O)=NO2)CC(C)O1. The molecule has 7 nitrogen and oxygen atoms in total. The minimum absolute atomic E-state index is 0.0221. The van der Waals surface area contributed by atoms with Crippen LogP contribution in [0.1, 0.15) is 20.3 Å². The Labute approximate surface area is 104 Å². The van der Waals surface area contributed by atoms with Crippen molar-refractivity contribution < 1.29 is 24.3 Å². The number of carbonyl (C=O) groups is 2. The van der Waals surface area contributed by atoms with Crippen LogP contribution in [0.5, 0.6) is 0 Å². The summed E-state index contributed by atoms with van der Waals surface area (Å²) in [4.78, 5) is 29.4. The number of ether oxygens (including phenoxy) is 1. The first-order valence-corrected chi connectivity index (χ1v) is 5.87. The molecule has 1 amide bonds. The van der Waals surface area contributed by atoms with Crippen molar-refractivity contribution in [3.05, 3.63) is 0 Å². The average molecular weight is 256 g/mol. The highest BCUT2D eigenvalue weighted by molar-refractivity contribution is 6.36. The molecular weight excluding hydrogens is 240 g/mol. The molecule has 3 unspecified atom stereocenters. The number of carboxylic acid groups (broad SMARTS) is 1. The zero-order valence-electron chi connectivity index (χ0n) is 10.3. The van der Waals surface area contributed by atoms with E-state index in [1.807, 2.05) is 13.8 Å². The monoisotopic (exact) mass is 256 g/mol. The lowest BCUT2D eigenvalue weighted by atomic mass is 10.1. The van der Waals surface area contributed by atoms with E-state index in [0.29, 0.717) is 13.1 Å². The maximum absolute atomic E-state index is 12.1. The molecule has 0 bridgehead atoms. The number of morpholine rings is 1. The van der Waals surface area contributed by atoms with Gasteiger partial charge in [-0.05, 0) is 13.8 Å². The van der Waals surface area contributed by atoms with Gasteiger partial charge in [-0.25, -0.2) is 4.79 Å². The summed E-state index contributed by atoms with van der Waals surface area (Å²) < 4.78 is 5.53. The molecule has 2 heterocycles. The van der Waals surface area contributed by atoms with E-state index < -0.39 is 12.1 Å². The van der Waals surface area contributed by atoms with Crippen LogP contribution in [0.3, 0.4) is 0 Å². The first-order valence-electron chi connectivity index (χ1n) is 5.87. The molecule has 2 aliphatic rings. The normalized spacial score (nSPS) is 31.8. The van der Waals surface area contributed by atoms with Crippen molar-refractivity contribution in [2.75, 3.05) is 13.1 Å². The van der Waals surface area contributed by atoms with E-state index in [1.54, 1.807) is 4.90 Å². The van der Waals surface area contributed by atoms with Gasteiger partial charge in [-0.1, -0.05) is 5.16 Å². The second kappa shape index (κ2) is 4.93. The Morgan fingerprint density at radius 3 is 2.44 bits per heavy atom. The molecule has 2 aliphatic heterocycles. The van der Waals surface area contributed by atoms with Crippen LogP contribution in [0.4, 0.5) is 0 Å². The molecule has 0 aromatic rings. The van der Waals surface area contributed by atoms with Gasteiger partial charge in [0.2, 0.25) is 6.10 Å². The zero-order valence-corrected chi connectivity index (χ0v) is 10.3. The number of oxime groups is 1. The van der Waals surface area contributed by atoms with E-state index in [9.17, 15) is 9.59 Å². The highest BCUT2D eigenvalue weighted by Crippen LogP contribution is 2.17. The molecule has 1 saturated heterocycles. The Bertz CT molecular complexity index is 385. The number of carbonyl (C=O) groups excluding carboxylic acids is 1. The number of hydrogen-bond donors (Lipinski definition) is 1.